The van der Waals surface area contributed by atoms with Crippen LogP contribution in [0, 0.1) is 23.7 Å². The molecule has 0 bridgehead atoms. The van der Waals surface area contributed by atoms with E-state index in [1.165, 1.54) is 19.3 Å². The summed E-state index contributed by atoms with van der Waals surface area (Å²) in [6.07, 6.45) is 7.35. The van der Waals surface area contributed by atoms with Crippen LogP contribution in [0.4, 0.5) is 4.79 Å². The Hall–Kier alpha value is -1.26. The van der Waals surface area contributed by atoms with E-state index in [1.54, 1.807) is 0 Å². The lowest BCUT2D eigenvalue weighted by molar-refractivity contribution is -0.144. The molecule has 120 valence electrons. The number of carboxylic acid groups (broad SMARTS) is 1. The Labute approximate surface area is 126 Å². The van der Waals surface area contributed by atoms with Gasteiger partial charge in [-0.25, -0.2) is 4.79 Å². The first-order chi connectivity index (χ1) is 10.1. The van der Waals surface area contributed by atoms with Gasteiger partial charge >= 0.3 is 12.0 Å². The van der Waals surface area contributed by atoms with Crippen molar-refractivity contribution in [3.05, 3.63) is 0 Å². The van der Waals surface area contributed by atoms with E-state index in [0.29, 0.717) is 12.5 Å². The minimum absolute atomic E-state index is 0.0773. The second-order valence-electron chi connectivity index (χ2n) is 6.86. The van der Waals surface area contributed by atoms with E-state index in [1.807, 2.05) is 0 Å². The zero-order valence-corrected chi connectivity index (χ0v) is 12.9. The number of carbonyl (C=O) groups is 2. The number of hydrogen-bond donors (Lipinski definition) is 3. The molecule has 2 aliphatic carbocycles. The van der Waals surface area contributed by atoms with Gasteiger partial charge in [-0.3, -0.25) is 4.79 Å². The SMILES string of the molecule is CC1CCC(CNC(=O)NCC2CCCCC2C(=O)O)C1. The first kappa shape index (κ1) is 16.1. The zero-order chi connectivity index (χ0) is 15.2. The molecule has 0 radical (unpaired) electrons. The third-order valence-electron chi connectivity index (χ3n) is 5.11. The molecule has 2 amide bonds. The van der Waals surface area contributed by atoms with Gasteiger partial charge in [0.15, 0.2) is 0 Å². The Bertz CT molecular complexity index is 373. The molecule has 0 aromatic rings. The number of amides is 2. The predicted octanol–water partition coefficient (Wildman–Crippen LogP) is 2.61. The molecule has 5 nitrogen and oxygen atoms in total. The van der Waals surface area contributed by atoms with Crippen molar-refractivity contribution in [3.63, 3.8) is 0 Å². The topological polar surface area (TPSA) is 78.4 Å². The van der Waals surface area contributed by atoms with Gasteiger partial charge in [-0.15, -0.1) is 0 Å². The summed E-state index contributed by atoms with van der Waals surface area (Å²) >= 11 is 0. The number of carbonyl (C=O) groups excluding carboxylic acids is 1. The molecule has 0 aromatic heterocycles. The summed E-state index contributed by atoms with van der Waals surface area (Å²) < 4.78 is 0. The van der Waals surface area contributed by atoms with Crippen LogP contribution in [0.15, 0.2) is 0 Å². The summed E-state index contributed by atoms with van der Waals surface area (Å²) in [7, 11) is 0. The highest BCUT2D eigenvalue weighted by Gasteiger charge is 2.30. The van der Waals surface area contributed by atoms with Gasteiger partial charge in [0, 0.05) is 13.1 Å². The monoisotopic (exact) mass is 296 g/mol. The first-order valence-corrected chi connectivity index (χ1v) is 8.30. The highest BCUT2D eigenvalue weighted by Crippen LogP contribution is 2.30. The Morgan fingerprint density at radius 2 is 1.76 bits per heavy atom. The lowest BCUT2D eigenvalue weighted by Gasteiger charge is -2.28. The molecular weight excluding hydrogens is 268 g/mol. The van der Waals surface area contributed by atoms with Crippen LogP contribution in [0.25, 0.3) is 0 Å². The number of rotatable bonds is 5. The van der Waals surface area contributed by atoms with E-state index in [9.17, 15) is 14.7 Å². The van der Waals surface area contributed by atoms with Crippen LogP contribution in [0.2, 0.25) is 0 Å². The largest absolute Gasteiger partial charge is 0.481 e. The summed E-state index contributed by atoms with van der Waals surface area (Å²) in [4.78, 5) is 23.0. The van der Waals surface area contributed by atoms with Gasteiger partial charge in [-0.05, 0) is 43.4 Å². The number of carboxylic acids is 1. The van der Waals surface area contributed by atoms with E-state index in [-0.39, 0.29) is 17.9 Å². The smallest absolute Gasteiger partial charge is 0.314 e. The van der Waals surface area contributed by atoms with Crippen LogP contribution in [-0.2, 0) is 4.79 Å². The maximum atomic E-state index is 11.8. The van der Waals surface area contributed by atoms with Crippen molar-refractivity contribution in [2.45, 2.75) is 51.9 Å². The van der Waals surface area contributed by atoms with Crippen molar-refractivity contribution in [1.82, 2.24) is 10.6 Å². The van der Waals surface area contributed by atoms with Gasteiger partial charge in [0.2, 0.25) is 0 Å². The standard InChI is InChI=1S/C16H28N2O3/c1-11-6-7-12(8-11)9-17-16(21)18-10-13-4-2-3-5-14(13)15(19)20/h11-14H,2-10H2,1H3,(H,19,20)(H2,17,18,21). The summed E-state index contributed by atoms with van der Waals surface area (Å²) in [5.41, 5.74) is 0. The molecule has 4 unspecified atom stereocenters. The van der Waals surface area contributed by atoms with Gasteiger partial charge in [0.25, 0.3) is 0 Å². The fourth-order valence-electron chi connectivity index (χ4n) is 3.81. The third kappa shape index (κ3) is 4.90. The fourth-order valence-corrected chi connectivity index (χ4v) is 3.81. The van der Waals surface area contributed by atoms with E-state index in [0.717, 1.165) is 38.1 Å². The van der Waals surface area contributed by atoms with Crippen LogP contribution in [0.1, 0.15) is 51.9 Å². The fraction of sp³-hybridized carbons (Fsp3) is 0.875. The van der Waals surface area contributed by atoms with E-state index < -0.39 is 5.97 Å². The lowest BCUT2D eigenvalue weighted by Crippen LogP contribution is -2.42. The molecule has 0 saturated heterocycles. The van der Waals surface area contributed by atoms with Gasteiger partial charge in [0.05, 0.1) is 5.92 Å². The molecule has 0 aliphatic heterocycles. The molecule has 0 spiro atoms. The molecule has 21 heavy (non-hydrogen) atoms. The molecule has 0 heterocycles. The minimum atomic E-state index is -0.721. The molecule has 0 aromatic carbocycles. The van der Waals surface area contributed by atoms with Crippen LogP contribution in [-0.4, -0.2) is 30.2 Å². The summed E-state index contributed by atoms with van der Waals surface area (Å²) in [5.74, 6) is 0.440. The van der Waals surface area contributed by atoms with Gasteiger partial charge < -0.3 is 15.7 Å². The number of urea groups is 1. The molecular formula is C16H28N2O3. The lowest BCUT2D eigenvalue weighted by atomic mass is 9.79. The highest BCUT2D eigenvalue weighted by atomic mass is 16.4. The Morgan fingerprint density at radius 3 is 2.43 bits per heavy atom. The van der Waals surface area contributed by atoms with Gasteiger partial charge in [-0.1, -0.05) is 26.2 Å². The molecule has 2 rings (SSSR count). The van der Waals surface area contributed by atoms with Crippen molar-refractivity contribution in [2.24, 2.45) is 23.7 Å². The molecule has 2 fully saturated rings. The third-order valence-corrected chi connectivity index (χ3v) is 5.11. The average Bonchev–Trinajstić information content (AvgIpc) is 2.88. The van der Waals surface area contributed by atoms with Gasteiger partial charge in [-0.2, -0.15) is 0 Å². The van der Waals surface area contributed by atoms with Crippen LogP contribution in [0.5, 0.6) is 0 Å². The second kappa shape index (κ2) is 7.66. The molecule has 2 saturated carbocycles. The summed E-state index contributed by atoms with van der Waals surface area (Å²) in [5, 5.41) is 15.0. The zero-order valence-electron chi connectivity index (χ0n) is 12.9. The van der Waals surface area contributed by atoms with Crippen LogP contribution in [0.3, 0.4) is 0 Å². The van der Waals surface area contributed by atoms with Crippen molar-refractivity contribution >= 4 is 12.0 Å². The minimum Gasteiger partial charge on any atom is -0.481 e. The summed E-state index contributed by atoms with van der Waals surface area (Å²) in [6.45, 7) is 3.47. The van der Waals surface area contributed by atoms with Crippen molar-refractivity contribution < 1.29 is 14.7 Å². The van der Waals surface area contributed by atoms with Gasteiger partial charge in [0.1, 0.15) is 0 Å². The molecule has 4 atom stereocenters. The first-order valence-electron chi connectivity index (χ1n) is 8.30. The molecule has 2 aliphatic rings. The maximum Gasteiger partial charge on any atom is 0.314 e. The van der Waals surface area contributed by atoms with E-state index in [2.05, 4.69) is 17.6 Å². The van der Waals surface area contributed by atoms with E-state index >= 15 is 0 Å². The quantitative estimate of drug-likeness (QED) is 0.729. The molecule has 3 N–H and O–H groups in total. The average molecular weight is 296 g/mol. The number of aliphatic carboxylic acids is 1. The van der Waals surface area contributed by atoms with Crippen LogP contribution < -0.4 is 10.6 Å². The number of nitrogens with one attached hydrogen (secondary N) is 2. The van der Waals surface area contributed by atoms with Crippen molar-refractivity contribution in [2.75, 3.05) is 13.1 Å². The van der Waals surface area contributed by atoms with Crippen molar-refractivity contribution in [1.29, 1.82) is 0 Å². The maximum absolute atomic E-state index is 11.8. The summed E-state index contributed by atoms with van der Waals surface area (Å²) in [6, 6.07) is -0.149. The number of hydrogen-bond acceptors (Lipinski definition) is 2. The van der Waals surface area contributed by atoms with E-state index in [4.69, 9.17) is 0 Å². The predicted molar refractivity (Wildman–Crippen MR) is 81.0 cm³/mol. The highest BCUT2D eigenvalue weighted by molar-refractivity contribution is 5.74. The molecule has 5 heteroatoms. The van der Waals surface area contributed by atoms with Crippen molar-refractivity contribution in [3.8, 4) is 0 Å². The Balaban J connectivity index is 1.66. The Morgan fingerprint density at radius 1 is 1.05 bits per heavy atom. The van der Waals surface area contributed by atoms with Crippen LogP contribution >= 0.6 is 0 Å². The normalized spacial score (nSPS) is 32.6. The second-order valence-corrected chi connectivity index (χ2v) is 6.86. The Kier molecular flexibility index (Phi) is 5.88.